The van der Waals surface area contributed by atoms with Crippen LogP contribution in [0.3, 0.4) is 0 Å². The highest BCUT2D eigenvalue weighted by Crippen LogP contribution is 2.24. The SMILES string of the molecule is CCCNc1ccncc1S(=O)(=O)N1CCN(CC)CC1. The van der Waals surface area contributed by atoms with Crippen LogP contribution in [-0.2, 0) is 10.0 Å². The Bertz CT molecular complexity index is 554. The van der Waals surface area contributed by atoms with E-state index in [1.807, 2.05) is 6.92 Å². The zero-order valence-corrected chi connectivity index (χ0v) is 13.6. The van der Waals surface area contributed by atoms with Gasteiger partial charge >= 0.3 is 0 Å². The minimum atomic E-state index is -3.47. The minimum absolute atomic E-state index is 0.281. The maximum absolute atomic E-state index is 12.8. The first-order valence-electron chi connectivity index (χ1n) is 7.50. The minimum Gasteiger partial charge on any atom is -0.384 e. The van der Waals surface area contributed by atoms with Crippen LogP contribution in [0.1, 0.15) is 20.3 Å². The van der Waals surface area contributed by atoms with Crippen molar-refractivity contribution in [2.24, 2.45) is 0 Å². The molecule has 1 fully saturated rings. The number of pyridine rings is 1. The standard InChI is InChI=1S/C14H24N4O2S/c1-3-6-16-13-5-7-15-12-14(13)21(19,20)18-10-8-17(4-2)9-11-18/h5,7,12H,3-4,6,8-11H2,1-2H3,(H,15,16). The van der Waals surface area contributed by atoms with Gasteiger partial charge in [-0.2, -0.15) is 4.31 Å². The van der Waals surface area contributed by atoms with Crippen LogP contribution in [0.25, 0.3) is 0 Å². The van der Waals surface area contributed by atoms with Gasteiger partial charge in [0.1, 0.15) is 4.90 Å². The molecule has 2 heterocycles. The average Bonchev–Trinajstić information content (AvgIpc) is 2.53. The Morgan fingerprint density at radius 1 is 1.24 bits per heavy atom. The van der Waals surface area contributed by atoms with Gasteiger partial charge in [0.05, 0.1) is 5.69 Å². The molecule has 0 aromatic carbocycles. The van der Waals surface area contributed by atoms with Gasteiger partial charge < -0.3 is 10.2 Å². The molecule has 1 saturated heterocycles. The van der Waals surface area contributed by atoms with Gasteiger partial charge in [0.15, 0.2) is 0 Å². The second-order valence-corrected chi connectivity index (χ2v) is 7.04. The van der Waals surface area contributed by atoms with Crippen molar-refractivity contribution in [2.45, 2.75) is 25.2 Å². The van der Waals surface area contributed by atoms with Crippen LogP contribution in [-0.4, -0.2) is 61.9 Å². The van der Waals surface area contributed by atoms with Gasteiger partial charge in [0.25, 0.3) is 0 Å². The predicted octanol–water partition coefficient (Wildman–Crippen LogP) is 1.23. The van der Waals surface area contributed by atoms with Crippen molar-refractivity contribution in [3.63, 3.8) is 0 Å². The Kier molecular flexibility index (Phi) is 5.55. The van der Waals surface area contributed by atoms with Gasteiger partial charge in [-0.05, 0) is 19.0 Å². The van der Waals surface area contributed by atoms with E-state index >= 15 is 0 Å². The third-order valence-electron chi connectivity index (χ3n) is 3.75. The lowest BCUT2D eigenvalue weighted by Gasteiger charge is -2.33. The van der Waals surface area contributed by atoms with Crippen molar-refractivity contribution in [3.8, 4) is 0 Å². The molecule has 0 radical (unpaired) electrons. The number of anilines is 1. The van der Waals surface area contributed by atoms with Crippen molar-refractivity contribution in [1.29, 1.82) is 0 Å². The molecule has 2 rings (SSSR count). The van der Waals surface area contributed by atoms with E-state index in [9.17, 15) is 8.42 Å². The van der Waals surface area contributed by atoms with E-state index in [4.69, 9.17) is 0 Å². The van der Waals surface area contributed by atoms with Gasteiger partial charge in [0.2, 0.25) is 10.0 Å². The fourth-order valence-electron chi connectivity index (χ4n) is 2.42. The van der Waals surface area contributed by atoms with Crippen LogP contribution >= 0.6 is 0 Å². The molecule has 0 bridgehead atoms. The fourth-order valence-corrected chi connectivity index (χ4v) is 3.95. The molecule has 6 nitrogen and oxygen atoms in total. The first-order chi connectivity index (χ1) is 10.1. The number of hydrogen-bond donors (Lipinski definition) is 1. The lowest BCUT2D eigenvalue weighted by molar-refractivity contribution is 0.196. The lowest BCUT2D eigenvalue weighted by atomic mass is 10.4. The average molecular weight is 312 g/mol. The van der Waals surface area contributed by atoms with Crippen molar-refractivity contribution < 1.29 is 8.42 Å². The molecule has 0 spiro atoms. The zero-order valence-electron chi connectivity index (χ0n) is 12.7. The maximum Gasteiger partial charge on any atom is 0.246 e. The number of sulfonamides is 1. The van der Waals surface area contributed by atoms with E-state index in [2.05, 4.69) is 22.1 Å². The fraction of sp³-hybridized carbons (Fsp3) is 0.643. The summed E-state index contributed by atoms with van der Waals surface area (Å²) in [4.78, 5) is 6.53. The molecule has 0 unspecified atom stereocenters. The summed E-state index contributed by atoms with van der Waals surface area (Å²) < 4.78 is 27.2. The molecule has 7 heteroatoms. The lowest BCUT2D eigenvalue weighted by Crippen LogP contribution is -2.48. The summed E-state index contributed by atoms with van der Waals surface area (Å²) in [5, 5.41) is 3.17. The van der Waals surface area contributed by atoms with E-state index < -0.39 is 10.0 Å². The van der Waals surface area contributed by atoms with E-state index in [-0.39, 0.29) is 4.90 Å². The quantitative estimate of drug-likeness (QED) is 0.856. The molecule has 21 heavy (non-hydrogen) atoms. The largest absolute Gasteiger partial charge is 0.384 e. The topological polar surface area (TPSA) is 65.5 Å². The van der Waals surface area contributed by atoms with Crippen LogP contribution in [0, 0.1) is 0 Å². The molecular formula is C14H24N4O2S. The number of nitrogens with one attached hydrogen (secondary N) is 1. The van der Waals surface area contributed by atoms with E-state index in [0.29, 0.717) is 18.8 Å². The number of likely N-dealkylation sites (N-methyl/N-ethyl adjacent to an activating group) is 1. The number of piperazine rings is 1. The Morgan fingerprint density at radius 2 is 1.95 bits per heavy atom. The molecule has 118 valence electrons. The van der Waals surface area contributed by atoms with Crippen molar-refractivity contribution in [3.05, 3.63) is 18.5 Å². The molecule has 1 aromatic rings. The highest BCUT2D eigenvalue weighted by molar-refractivity contribution is 7.89. The van der Waals surface area contributed by atoms with Crippen LogP contribution in [0.4, 0.5) is 5.69 Å². The summed E-state index contributed by atoms with van der Waals surface area (Å²) in [7, 11) is -3.47. The summed E-state index contributed by atoms with van der Waals surface area (Å²) in [5.74, 6) is 0. The third-order valence-corrected chi connectivity index (χ3v) is 5.67. The molecule has 1 aliphatic rings. The van der Waals surface area contributed by atoms with Crippen LogP contribution in [0.5, 0.6) is 0 Å². The summed E-state index contributed by atoms with van der Waals surface area (Å²) >= 11 is 0. The van der Waals surface area contributed by atoms with Crippen LogP contribution in [0.15, 0.2) is 23.4 Å². The van der Waals surface area contributed by atoms with E-state index in [0.717, 1.165) is 32.6 Å². The Hall–Kier alpha value is -1.18. The zero-order chi connectivity index (χ0) is 15.3. The Morgan fingerprint density at radius 3 is 2.57 bits per heavy atom. The molecule has 1 N–H and O–H groups in total. The van der Waals surface area contributed by atoms with Crippen LogP contribution < -0.4 is 5.32 Å². The number of nitrogens with zero attached hydrogens (tertiary/aromatic N) is 3. The first-order valence-corrected chi connectivity index (χ1v) is 8.94. The molecule has 1 aromatic heterocycles. The van der Waals surface area contributed by atoms with E-state index in [1.54, 1.807) is 16.6 Å². The van der Waals surface area contributed by atoms with E-state index in [1.165, 1.54) is 6.20 Å². The Balaban J connectivity index is 2.20. The predicted molar refractivity (Wildman–Crippen MR) is 83.9 cm³/mol. The molecule has 1 aliphatic heterocycles. The third kappa shape index (κ3) is 3.72. The van der Waals surface area contributed by atoms with Gasteiger partial charge in [-0.15, -0.1) is 0 Å². The molecule has 0 saturated carbocycles. The van der Waals surface area contributed by atoms with Crippen molar-refractivity contribution >= 4 is 15.7 Å². The van der Waals surface area contributed by atoms with Crippen molar-refractivity contribution in [2.75, 3.05) is 44.6 Å². The van der Waals surface area contributed by atoms with Crippen LogP contribution in [0.2, 0.25) is 0 Å². The van der Waals surface area contributed by atoms with Gasteiger partial charge in [-0.3, -0.25) is 4.98 Å². The summed E-state index contributed by atoms with van der Waals surface area (Å²) in [5.41, 5.74) is 0.643. The Labute approximate surface area is 127 Å². The monoisotopic (exact) mass is 312 g/mol. The summed E-state index contributed by atoms with van der Waals surface area (Å²) in [6, 6.07) is 1.73. The molecule has 0 atom stereocenters. The van der Waals surface area contributed by atoms with Gasteiger partial charge in [-0.1, -0.05) is 13.8 Å². The summed E-state index contributed by atoms with van der Waals surface area (Å²) in [6.45, 7) is 8.50. The second-order valence-electron chi connectivity index (χ2n) is 5.14. The molecule has 0 aliphatic carbocycles. The first kappa shape index (κ1) is 16.2. The molecule has 0 amide bonds. The number of rotatable bonds is 6. The molecular weight excluding hydrogens is 288 g/mol. The number of hydrogen-bond acceptors (Lipinski definition) is 5. The summed E-state index contributed by atoms with van der Waals surface area (Å²) in [6.07, 6.45) is 4.00. The van der Waals surface area contributed by atoms with Gasteiger partial charge in [-0.25, -0.2) is 8.42 Å². The highest BCUT2D eigenvalue weighted by atomic mass is 32.2. The van der Waals surface area contributed by atoms with Gasteiger partial charge in [0, 0.05) is 45.1 Å². The second kappa shape index (κ2) is 7.20. The normalized spacial score (nSPS) is 17.8. The number of aromatic nitrogens is 1. The highest BCUT2D eigenvalue weighted by Gasteiger charge is 2.30. The smallest absolute Gasteiger partial charge is 0.246 e. The van der Waals surface area contributed by atoms with Crippen molar-refractivity contribution in [1.82, 2.24) is 14.2 Å². The maximum atomic E-state index is 12.8.